The molecule has 0 saturated heterocycles. The molecule has 0 N–H and O–H groups in total. The number of aryl methyl sites for hydroxylation is 1. The smallest absolute Gasteiger partial charge is 0.0621 e. The predicted octanol–water partition coefficient (Wildman–Crippen LogP) is 2.97. The van der Waals surface area contributed by atoms with E-state index in [1.165, 1.54) is 0 Å². The molecule has 0 aliphatic carbocycles. The van der Waals surface area contributed by atoms with Crippen molar-refractivity contribution >= 4 is 11.6 Å². The minimum atomic E-state index is 0.626. The van der Waals surface area contributed by atoms with E-state index < -0.39 is 0 Å². The minimum absolute atomic E-state index is 0.626. The molecule has 0 atom stereocenters. The third-order valence-corrected chi connectivity index (χ3v) is 1.99. The lowest BCUT2D eigenvalue weighted by molar-refractivity contribution is 0.739. The van der Waals surface area contributed by atoms with Gasteiger partial charge in [0.1, 0.15) is 0 Å². The van der Waals surface area contributed by atoms with E-state index in [4.69, 9.17) is 16.9 Å². The molecule has 1 heterocycles. The van der Waals surface area contributed by atoms with Crippen LogP contribution in [0.2, 0.25) is 5.02 Å². The molecule has 0 fully saturated rings. The highest BCUT2D eigenvalue weighted by Gasteiger charge is 1.95. The number of aromatic nitrogens is 1. The summed E-state index contributed by atoms with van der Waals surface area (Å²) < 4.78 is 0. The second-order valence-corrected chi connectivity index (χ2v) is 3.27. The molecule has 1 aromatic heterocycles. The van der Waals surface area contributed by atoms with Gasteiger partial charge in [0.15, 0.2) is 0 Å². The van der Waals surface area contributed by atoms with Crippen LogP contribution in [0.15, 0.2) is 18.3 Å². The number of nitriles is 1. The van der Waals surface area contributed by atoms with Gasteiger partial charge < -0.3 is 0 Å². The Kier molecular flexibility index (Phi) is 4.28. The summed E-state index contributed by atoms with van der Waals surface area (Å²) in [6, 6.07) is 5.75. The summed E-state index contributed by atoms with van der Waals surface area (Å²) in [4.78, 5) is 4.17. The fraction of sp³-hybridized carbons (Fsp3) is 0.400. The second-order valence-electron chi connectivity index (χ2n) is 2.83. The van der Waals surface area contributed by atoms with Crippen LogP contribution in [-0.2, 0) is 6.42 Å². The molecular formula is C10H11ClN2. The number of nitrogens with zero attached hydrogens (tertiary/aromatic N) is 2. The van der Waals surface area contributed by atoms with Crippen molar-refractivity contribution in [1.82, 2.24) is 4.98 Å². The molecule has 0 spiro atoms. The van der Waals surface area contributed by atoms with Crippen LogP contribution >= 0.6 is 11.6 Å². The van der Waals surface area contributed by atoms with Crippen LogP contribution in [-0.4, -0.2) is 4.98 Å². The standard InChI is InChI=1S/C10H11ClN2/c11-9-5-7-13-10(8-9)4-2-1-3-6-12/h5,7-8H,1-4H2. The topological polar surface area (TPSA) is 36.7 Å². The average Bonchev–Trinajstić information content (AvgIpc) is 2.13. The van der Waals surface area contributed by atoms with Crippen LogP contribution < -0.4 is 0 Å². The molecular weight excluding hydrogens is 184 g/mol. The zero-order valence-corrected chi connectivity index (χ0v) is 8.09. The van der Waals surface area contributed by atoms with Gasteiger partial charge in [0.25, 0.3) is 0 Å². The summed E-state index contributed by atoms with van der Waals surface area (Å²) in [5.74, 6) is 0. The van der Waals surface area contributed by atoms with Gasteiger partial charge in [-0.05, 0) is 31.4 Å². The molecule has 0 aliphatic rings. The molecule has 0 aromatic carbocycles. The van der Waals surface area contributed by atoms with Gasteiger partial charge in [-0.15, -0.1) is 0 Å². The molecule has 13 heavy (non-hydrogen) atoms. The molecule has 0 bridgehead atoms. The molecule has 0 radical (unpaired) electrons. The largest absolute Gasteiger partial charge is 0.261 e. The lowest BCUT2D eigenvalue weighted by Gasteiger charge is -1.98. The summed E-state index contributed by atoms with van der Waals surface area (Å²) in [5, 5.41) is 9.05. The summed E-state index contributed by atoms with van der Waals surface area (Å²) in [7, 11) is 0. The number of hydrogen-bond acceptors (Lipinski definition) is 2. The SMILES string of the molecule is N#CCCCCc1cc(Cl)ccn1. The first-order chi connectivity index (χ1) is 6.33. The maximum atomic E-state index is 8.32. The van der Waals surface area contributed by atoms with Crippen LogP contribution in [0.25, 0.3) is 0 Å². The fourth-order valence-corrected chi connectivity index (χ4v) is 1.28. The van der Waals surface area contributed by atoms with Gasteiger partial charge in [-0.2, -0.15) is 5.26 Å². The molecule has 0 aliphatic heterocycles. The molecule has 1 aromatic rings. The first kappa shape index (κ1) is 10.0. The number of pyridine rings is 1. The molecule has 0 unspecified atom stereocenters. The van der Waals surface area contributed by atoms with E-state index in [0.29, 0.717) is 6.42 Å². The molecule has 68 valence electrons. The van der Waals surface area contributed by atoms with Crippen molar-refractivity contribution in [3.05, 3.63) is 29.0 Å². The van der Waals surface area contributed by atoms with Crippen LogP contribution in [0, 0.1) is 11.3 Å². The quantitative estimate of drug-likeness (QED) is 0.691. The van der Waals surface area contributed by atoms with Gasteiger partial charge in [-0.1, -0.05) is 11.6 Å². The van der Waals surface area contributed by atoms with Crippen molar-refractivity contribution in [3.8, 4) is 6.07 Å². The highest BCUT2D eigenvalue weighted by atomic mass is 35.5. The first-order valence-corrected chi connectivity index (χ1v) is 4.68. The zero-order chi connectivity index (χ0) is 9.52. The lowest BCUT2D eigenvalue weighted by atomic mass is 10.1. The third-order valence-electron chi connectivity index (χ3n) is 1.75. The summed E-state index contributed by atoms with van der Waals surface area (Å²) in [5.41, 5.74) is 1.01. The van der Waals surface area contributed by atoms with E-state index in [0.717, 1.165) is 30.0 Å². The van der Waals surface area contributed by atoms with E-state index in [2.05, 4.69) is 11.1 Å². The Morgan fingerprint density at radius 2 is 2.31 bits per heavy atom. The first-order valence-electron chi connectivity index (χ1n) is 4.30. The maximum Gasteiger partial charge on any atom is 0.0621 e. The molecule has 0 saturated carbocycles. The van der Waals surface area contributed by atoms with Crippen molar-refractivity contribution in [2.75, 3.05) is 0 Å². The van der Waals surface area contributed by atoms with Crippen LogP contribution in [0.4, 0.5) is 0 Å². The van der Waals surface area contributed by atoms with Crippen molar-refractivity contribution in [2.45, 2.75) is 25.7 Å². The van der Waals surface area contributed by atoms with Crippen molar-refractivity contribution in [1.29, 1.82) is 5.26 Å². The normalized spacial score (nSPS) is 9.54. The molecule has 3 heteroatoms. The van der Waals surface area contributed by atoms with Gasteiger partial charge in [0, 0.05) is 23.3 Å². The summed E-state index contributed by atoms with van der Waals surface area (Å²) in [6.45, 7) is 0. The van der Waals surface area contributed by atoms with Gasteiger partial charge in [0.05, 0.1) is 6.07 Å². The minimum Gasteiger partial charge on any atom is -0.261 e. The van der Waals surface area contributed by atoms with Gasteiger partial charge >= 0.3 is 0 Å². The monoisotopic (exact) mass is 194 g/mol. The third kappa shape index (κ3) is 3.91. The van der Waals surface area contributed by atoms with Crippen molar-refractivity contribution in [3.63, 3.8) is 0 Å². The summed E-state index contributed by atoms with van der Waals surface area (Å²) >= 11 is 5.79. The van der Waals surface area contributed by atoms with Crippen LogP contribution in [0.3, 0.4) is 0 Å². The fourth-order valence-electron chi connectivity index (χ4n) is 1.10. The molecule has 2 nitrogen and oxygen atoms in total. The highest BCUT2D eigenvalue weighted by Crippen LogP contribution is 2.10. The Bertz CT molecular complexity index is 304. The maximum absolute atomic E-state index is 8.32. The van der Waals surface area contributed by atoms with E-state index in [1.54, 1.807) is 12.3 Å². The Labute approximate surface area is 83.2 Å². The number of halogens is 1. The van der Waals surface area contributed by atoms with E-state index in [1.807, 2.05) is 6.07 Å². The second kappa shape index (κ2) is 5.55. The Balaban J connectivity index is 2.33. The molecule has 1 rings (SSSR count). The van der Waals surface area contributed by atoms with E-state index >= 15 is 0 Å². The molecule has 0 amide bonds. The predicted molar refractivity (Wildman–Crippen MR) is 52.4 cm³/mol. The average molecular weight is 195 g/mol. The van der Waals surface area contributed by atoms with Gasteiger partial charge in [-0.25, -0.2) is 0 Å². The van der Waals surface area contributed by atoms with Crippen LogP contribution in [0.5, 0.6) is 0 Å². The van der Waals surface area contributed by atoms with Gasteiger partial charge in [0.2, 0.25) is 0 Å². The summed E-state index contributed by atoms with van der Waals surface area (Å²) in [6.07, 6.45) is 5.18. The Morgan fingerprint density at radius 1 is 1.46 bits per heavy atom. The lowest BCUT2D eigenvalue weighted by Crippen LogP contribution is -1.89. The van der Waals surface area contributed by atoms with E-state index in [-0.39, 0.29) is 0 Å². The van der Waals surface area contributed by atoms with Crippen LogP contribution in [0.1, 0.15) is 25.0 Å². The number of unbranched alkanes of at least 4 members (excludes halogenated alkanes) is 2. The zero-order valence-electron chi connectivity index (χ0n) is 7.33. The van der Waals surface area contributed by atoms with Crippen molar-refractivity contribution in [2.24, 2.45) is 0 Å². The van der Waals surface area contributed by atoms with Gasteiger partial charge in [-0.3, -0.25) is 4.98 Å². The Hall–Kier alpha value is -1.07. The Morgan fingerprint density at radius 3 is 3.00 bits per heavy atom. The number of hydrogen-bond donors (Lipinski definition) is 0. The highest BCUT2D eigenvalue weighted by molar-refractivity contribution is 6.30. The van der Waals surface area contributed by atoms with E-state index in [9.17, 15) is 0 Å². The number of rotatable bonds is 4. The van der Waals surface area contributed by atoms with Crippen molar-refractivity contribution < 1.29 is 0 Å².